The van der Waals surface area contributed by atoms with Crippen LogP contribution in [0.4, 0.5) is 0 Å². The number of carbonyl (C=O) groups excluding carboxylic acids is 1. The number of nitrogens with zero attached hydrogens (tertiary/aromatic N) is 1. The zero-order chi connectivity index (χ0) is 18.1. The summed E-state index contributed by atoms with van der Waals surface area (Å²) in [7, 11) is 0. The Hall–Kier alpha value is -3.61. The summed E-state index contributed by atoms with van der Waals surface area (Å²) in [5.41, 5.74) is 0.945. The van der Waals surface area contributed by atoms with Crippen LogP contribution in [0.25, 0.3) is 22.1 Å². The molecule has 0 saturated heterocycles. The fraction of sp³-hybridized carbons (Fsp3) is 0.105. The van der Waals surface area contributed by atoms with Crippen LogP contribution in [0.5, 0.6) is 5.75 Å². The van der Waals surface area contributed by atoms with Crippen LogP contribution in [0.3, 0.4) is 0 Å². The first kappa shape index (κ1) is 15.9. The zero-order valence-corrected chi connectivity index (χ0v) is 13.5. The van der Waals surface area contributed by atoms with Gasteiger partial charge in [-0.05, 0) is 30.3 Å². The summed E-state index contributed by atoms with van der Waals surface area (Å²) in [6.45, 7) is 0.136. The van der Waals surface area contributed by atoms with Crippen LogP contribution < -0.4 is 16.1 Å². The Labute approximate surface area is 146 Å². The number of aryl methyl sites for hydroxylation is 1. The van der Waals surface area contributed by atoms with Crippen molar-refractivity contribution in [3.63, 3.8) is 0 Å². The minimum absolute atomic E-state index is 0.0137. The van der Waals surface area contributed by atoms with Crippen LogP contribution in [-0.4, -0.2) is 10.5 Å². The average Bonchev–Trinajstić information content (AvgIpc) is 2.94. The lowest BCUT2D eigenvalue weighted by Crippen LogP contribution is -2.18. The number of rotatable bonds is 4. The minimum atomic E-state index is -0.522. The quantitative estimate of drug-likeness (QED) is 0.319. The molecule has 0 bridgehead atoms. The molecule has 0 unspecified atom stereocenters. The highest BCUT2D eigenvalue weighted by Crippen LogP contribution is 2.20. The lowest BCUT2D eigenvalue weighted by molar-refractivity contribution is -0.134. The molecule has 0 N–H and O–H groups in total. The van der Waals surface area contributed by atoms with Gasteiger partial charge in [0.1, 0.15) is 11.3 Å². The zero-order valence-electron chi connectivity index (χ0n) is 13.5. The Morgan fingerprint density at radius 3 is 2.65 bits per heavy atom. The number of esters is 1. The summed E-state index contributed by atoms with van der Waals surface area (Å²) in [6.07, 6.45) is -0.0137. The molecule has 0 atom stereocenters. The van der Waals surface area contributed by atoms with E-state index in [-0.39, 0.29) is 18.7 Å². The van der Waals surface area contributed by atoms with Crippen molar-refractivity contribution in [2.45, 2.75) is 13.0 Å². The first-order valence-electron chi connectivity index (χ1n) is 7.93. The molecule has 0 radical (unpaired) electrons. The predicted octanol–water partition coefficient (Wildman–Crippen LogP) is 2.70. The number of benzene rings is 2. The highest BCUT2D eigenvalue weighted by atomic mass is 16.5. The third-order valence-corrected chi connectivity index (χ3v) is 3.94. The van der Waals surface area contributed by atoms with Gasteiger partial charge in [0.25, 0.3) is 0 Å². The molecule has 0 aliphatic carbocycles. The van der Waals surface area contributed by atoms with Crippen molar-refractivity contribution >= 4 is 28.0 Å². The van der Waals surface area contributed by atoms with Crippen LogP contribution in [0.1, 0.15) is 6.42 Å². The molecule has 2 heterocycles. The number of fused-ring (bicyclic) bond motifs is 2. The normalized spacial score (nSPS) is 11.1. The molecule has 2 aromatic carbocycles. The Morgan fingerprint density at radius 1 is 0.962 bits per heavy atom. The molecule has 0 aliphatic heterocycles. The molecule has 4 rings (SSSR count). The van der Waals surface area contributed by atoms with Crippen LogP contribution in [-0.2, 0) is 11.3 Å². The molecule has 0 aliphatic rings. The highest BCUT2D eigenvalue weighted by Gasteiger charge is 2.12. The maximum Gasteiger partial charge on any atom is 0.419 e. The summed E-state index contributed by atoms with van der Waals surface area (Å²) in [5, 5.41) is 0.723. The fourth-order valence-corrected chi connectivity index (χ4v) is 2.72. The molecule has 7 heteroatoms. The van der Waals surface area contributed by atoms with E-state index in [9.17, 15) is 14.4 Å². The Balaban J connectivity index is 1.49. The minimum Gasteiger partial charge on any atom is -0.426 e. The number of hydrogen-bond acceptors (Lipinski definition) is 6. The van der Waals surface area contributed by atoms with Gasteiger partial charge in [-0.25, -0.2) is 9.59 Å². The van der Waals surface area contributed by atoms with E-state index >= 15 is 0 Å². The van der Waals surface area contributed by atoms with Crippen molar-refractivity contribution < 1.29 is 18.4 Å². The number of carbonyl (C=O) groups is 1. The van der Waals surface area contributed by atoms with Gasteiger partial charge in [0, 0.05) is 24.1 Å². The topological polar surface area (TPSA) is 91.6 Å². The predicted molar refractivity (Wildman–Crippen MR) is 93.2 cm³/mol. The second-order valence-corrected chi connectivity index (χ2v) is 5.67. The van der Waals surface area contributed by atoms with Gasteiger partial charge >= 0.3 is 17.4 Å². The van der Waals surface area contributed by atoms with Gasteiger partial charge in [0.15, 0.2) is 5.58 Å². The largest absolute Gasteiger partial charge is 0.426 e. The summed E-state index contributed by atoms with van der Waals surface area (Å²) >= 11 is 0. The van der Waals surface area contributed by atoms with Crippen molar-refractivity contribution in [1.29, 1.82) is 0 Å². The number of aromatic nitrogens is 1. The van der Waals surface area contributed by atoms with E-state index < -0.39 is 17.4 Å². The van der Waals surface area contributed by atoms with Crippen molar-refractivity contribution in [2.75, 3.05) is 0 Å². The summed E-state index contributed by atoms with van der Waals surface area (Å²) in [5.74, 6) is -0.771. The average molecular weight is 351 g/mol. The molecule has 0 saturated carbocycles. The maximum atomic E-state index is 12.1. The lowest BCUT2D eigenvalue weighted by atomic mass is 10.2. The third-order valence-electron chi connectivity index (χ3n) is 3.94. The van der Waals surface area contributed by atoms with Crippen molar-refractivity contribution in [3.05, 3.63) is 75.6 Å². The van der Waals surface area contributed by atoms with E-state index in [1.165, 1.54) is 16.7 Å². The number of hydrogen-bond donors (Lipinski definition) is 0. The summed E-state index contributed by atoms with van der Waals surface area (Å²) < 4.78 is 16.8. The Bertz CT molecular complexity index is 1230. The van der Waals surface area contributed by atoms with Gasteiger partial charge in [-0.1, -0.05) is 12.1 Å². The molecule has 26 heavy (non-hydrogen) atoms. The van der Waals surface area contributed by atoms with E-state index in [1.807, 2.05) is 0 Å². The number of ether oxygens (including phenoxy) is 1. The maximum absolute atomic E-state index is 12.1. The number of oxazole rings is 1. The molecule has 0 fully saturated rings. The molecule has 0 spiro atoms. The van der Waals surface area contributed by atoms with Crippen LogP contribution >= 0.6 is 0 Å². The van der Waals surface area contributed by atoms with Gasteiger partial charge in [-0.15, -0.1) is 0 Å². The molecule has 4 aromatic rings. The Kier molecular flexibility index (Phi) is 3.89. The molecule has 7 nitrogen and oxygen atoms in total. The molecule has 0 amide bonds. The standard InChI is InChI=1S/C19H13NO6/c21-17-8-6-12-5-7-13(11-16(12)25-17)24-18(22)9-10-20-14-3-1-2-4-15(14)26-19(20)23/h1-8,11H,9-10H2. The summed E-state index contributed by atoms with van der Waals surface area (Å²) in [6, 6.07) is 14.7. The fourth-order valence-electron chi connectivity index (χ4n) is 2.72. The molecular weight excluding hydrogens is 338 g/mol. The second-order valence-electron chi connectivity index (χ2n) is 5.67. The second kappa shape index (κ2) is 6.36. The van der Waals surface area contributed by atoms with Crippen molar-refractivity contribution in [3.8, 4) is 5.75 Å². The van der Waals surface area contributed by atoms with E-state index in [4.69, 9.17) is 13.6 Å². The van der Waals surface area contributed by atoms with Gasteiger partial charge in [0.05, 0.1) is 11.9 Å². The van der Waals surface area contributed by atoms with Crippen molar-refractivity contribution in [2.24, 2.45) is 0 Å². The molecule has 130 valence electrons. The van der Waals surface area contributed by atoms with Crippen LogP contribution in [0, 0.1) is 0 Å². The smallest absolute Gasteiger partial charge is 0.419 e. The van der Waals surface area contributed by atoms with Gasteiger partial charge in [-0.3, -0.25) is 9.36 Å². The highest BCUT2D eigenvalue weighted by molar-refractivity contribution is 5.80. The van der Waals surface area contributed by atoms with E-state index in [2.05, 4.69) is 0 Å². The van der Waals surface area contributed by atoms with Crippen LogP contribution in [0.15, 0.2) is 73.0 Å². The van der Waals surface area contributed by atoms with E-state index in [0.29, 0.717) is 16.7 Å². The monoisotopic (exact) mass is 351 g/mol. The SMILES string of the molecule is O=C(CCn1c(=O)oc2ccccc21)Oc1ccc2ccc(=O)oc2c1. The molecular formula is C19H13NO6. The van der Waals surface area contributed by atoms with E-state index in [1.54, 1.807) is 42.5 Å². The Morgan fingerprint density at radius 2 is 1.77 bits per heavy atom. The van der Waals surface area contributed by atoms with Gasteiger partial charge < -0.3 is 13.6 Å². The van der Waals surface area contributed by atoms with Crippen LogP contribution in [0.2, 0.25) is 0 Å². The van der Waals surface area contributed by atoms with Gasteiger partial charge in [-0.2, -0.15) is 0 Å². The van der Waals surface area contributed by atoms with E-state index in [0.717, 1.165) is 5.39 Å². The van der Waals surface area contributed by atoms with Crippen molar-refractivity contribution in [1.82, 2.24) is 4.57 Å². The first-order chi connectivity index (χ1) is 12.6. The molecule has 2 aromatic heterocycles. The first-order valence-corrected chi connectivity index (χ1v) is 7.93. The number of para-hydroxylation sites is 2. The third kappa shape index (κ3) is 3.02. The van der Waals surface area contributed by atoms with Gasteiger partial charge in [0.2, 0.25) is 0 Å². The summed E-state index contributed by atoms with van der Waals surface area (Å²) in [4.78, 5) is 35.3. The lowest BCUT2D eigenvalue weighted by Gasteiger charge is -2.05.